The van der Waals surface area contributed by atoms with Crippen LogP contribution in [0.4, 0.5) is 0 Å². The molecule has 0 aromatic carbocycles. The minimum absolute atomic E-state index is 0.0940. The third-order valence-corrected chi connectivity index (χ3v) is 14.3. The lowest BCUT2D eigenvalue weighted by Crippen LogP contribution is -2.60. The van der Waals surface area contributed by atoms with Gasteiger partial charge in [-0.3, -0.25) is 14.4 Å². The predicted octanol–water partition coefficient (Wildman–Crippen LogP) is 7.48. The number of carbonyl (C=O) groups excluding carboxylic acids is 4. The third-order valence-electron chi connectivity index (χ3n) is 14.3. The van der Waals surface area contributed by atoms with Gasteiger partial charge in [-0.1, -0.05) is 116 Å². The Labute approximate surface area is 364 Å². The van der Waals surface area contributed by atoms with Crippen LogP contribution in [-0.4, -0.2) is 99.9 Å². The molecule has 1 saturated heterocycles. The van der Waals surface area contributed by atoms with Crippen molar-refractivity contribution < 1.29 is 63.3 Å². The van der Waals surface area contributed by atoms with E-state index >= 15 is 0 Å². The van der Waals surface area contributed by atoms with Gasteiger partial charge in [0.25, 0.3) is 0 Å². The number of cyclic esters (lactones) is 2. The van der Waals surface area contributed by atoms with Crippen molar-refractivity contribution in [3.63, 3.8) is 0 Å². The minimum Gasteiger partial charge on any atom is -0.463 e. The Bertz CT molecular complexity index is 1510. The number of esters is 4. The second-order valence-electron chi connectivity index (χ2n) is 19.3. The first-order valence-electron chi connectivity index (χ1n) is 23.4. The van der Waals surface area contributed by atoms with Gasteiger partial charge in [0.05, 0.1) is 18.4 Å². The molecule has 61 heavy (non-hydrogen) atoms. The van der Waals surface area contributed by atoms with Crippen molar-refractivity contribution in [2.24, 2.45) is 22.7 Å². The Morgan fingerprint density at radius 1 is 0.803 bits per heavy atom. The molecule has 0 spiro atoms. The van der Waals surface area contributed by atoms with Crippen molar-refractivity contribution in [2.45, 2.75) is 219 Å². The average Bonchev–Trinajstić information content (AvgIpc) is 3.19. The van der Waals surface area contributed by atoms with Crippen LogP contribution in [0.1, 0.15) is 176 Å². The lowest BCUT2D eigenvalue weighted by atomic mass is 9.46. The summed E-state index contributed by atoms with van der Waals surface area (Å²) in [4.78, 5) is 53.5. The Kier molecular flexibility index (Phi) is 19.8. The Morgan fingerprint density at radius 3 is 2.02 bits per heavy atom. The molecule has 13 heteroatoms. The molecule has 2 heterocycles. The second kappa shape index (κ2) is 23.7. The van der Waals surface area contributed by atoms with Crippen molar-refractivity contribution >= 4 is 23.9 Å². The van der Waals surface area contributed by atoms with Crippen LogP contribution < -0.4 is 0 Å². The van der Waals surface area contributed by atoms with Gasteiger partial charge in [0.1, 0.15) is 43.7 Å². The molecule has 0 radical (unpaired) electrons. The smallest absolute Gasteiger partial charge is 0.336 e. The SMILES string of the molecule is CCCCCCCCCCCCCCCC(=O)O[C@@H]1C/C(C)=C/COC(=O)C[C@@](C)(O)CC(=O)OC[C@H]2O[C@@H](OC(=O)C3=CCC[C@@H]4[C@]1(C)[C@H](C)CC[C@@]34C)[C@H](O)[C@@H](O)[C@@H]2O. The molecule has 0 amide bonds. The van der Waals surface area contributed by atoms with Gasteiger partial charge in [-0.15, -0.1) is 0 Å². The molecule has 0 aromatic heterocycles. The fourth-order valence-electron chi connectivity index (χ4n) is 10.3. The third kappa shape index (κ3) is 14.1. The maximum Gasteiger partial charge on any atom is 0.336 e. The fraction of sp³-hybridized carbons (Fsp3) is 0.833. The maximum absolute atomic E-state index is 14.2. The molecule has 4 N–H and O–H groups in total. The van der Waals surface area contributed by atoms with E-state index in [1.807, 2.05) is 19.9 Å². The molecule has 1 saturated carbocycles. The van der Waals surface area contributed by atoms with Crippen molar-refractivity contribution in [1.29, 1.82) is 0 Å². The van der Waals surface area contributed by atoms with Crippen molar-refractivity contribution in [3.05, 3.63) is 23.3 Å². The number of aliphatic hydroxyl groups is 4. The summed E-state index contributed by atoms with van der Waals surface area (Å²) in [5, 5.41) is 43.1. The number of unbranched alkanes of at least 4 members (excludes halogenated alkanes) is 12. The summed E-state index contributed by atoms with van der Waals surface area (Å²) < 4.78 is 28.8. The molecule has 2 fully saturated rings. The Balaban J connectivity index is 1.52. The lowest BCUT2D eigenvalue weighted by Gasteiger charge is -2.59. The Hall–Kier alpha value is -2.84. The zero-order chi connectivity index (χ0) is 44.8. The first-order valence-corrected chi connectivity index (χ1v) is 23.4. The first kappa shape index (κ1) is 50.8. The number of aliphatic hydroxyl groups excluding tert-OH is 3. The predicted molar refractivity (Wildman–Crippen MR) is 229 cm³/mol. The van der Waals surface area contributed by atoms with E-state index in [2.05, 4.69) is 20.8 Å². The van der Waals surface area contributed by atoms with E-state index in [9.17, 15) is 39.6 Å². The highest BCUT2D eigenvalue weighted by Gasteiger charge is 2.60. The normalized spacial score (nSPS) is 36.5. The lowest BCUT2D eigenvalue weighted by molar-refractivity contribution is -0.292. The van der Waals surface area contributed by atoms with E-state index < -0.39 is 90.6 Å². The van der Waals surface area contributed by atoms with Gasteiger partial charge >= 0.3 is 23.9 Å². The van der Waals surface area contributed by atoms with Crippen LogP contribution in [0.2, 0.25) is 0 Å². The van der Waals surface area contributed by atoms with Crippen LogP contribution in [-0.2, 0) is 42.9 Å². The Morgan fingerprint density at radius 2 is 1.39 bits per heavy atom. The van der Waals surface area contributed by atoms with Crippen LogP contribution in [0.15, 0.2) is 23.3 Å². The molecule has 11 atom stereocenters. The summed E-state index contributed by atoms with van der Waals surface area (Å²) >= 11 is 0. The topological polar surface area (TPSA) is 195 Å². The summed E-state index contributed by atoms with van der Waals surface area (Å²) in [6.45, 7) is 11.1. The molecule has 2 aliphatic carbocycles. The van der Waals surface area contributed by atoms with E-state index in [0.717, 1.165) is 44.1 Å². The summed E-state index contributed by atoms with van der Waals surface area (Å²) in [5.41, 5.74) is -1.91. The molecule has 6 bridgehead atoms. The molecule has 4 aliphatic rings. The van der Waals surface area contributed by atoms with E-state index in [1.54, 1.807) is 6.08 Å². The van der Waals surface area contributed by atoms with Crippen LogP contribution in [0.5, 0.6) is 0 Å². The second-order valence-corrected chi connectivity index (χ2v) is 19.3. The zero-order valence-electron chi connectivity index (χ0n) is 38.0. The molecule has 2 aliphatic heterocycles. The molecule has 13 nitrogen and oxygen atoms in total. The monoisotopic (exact) mass is 863 g/mol. The average molecular weight is 863 g/mol. The highest BCUT2D eigenvalue weighted by Crippen LogP contribution is 2.63. The van der Waals surface area contributed by atoms with Gasteiger partial charge in [-0.2, -0.15) is 0 Å². The number of carbonyl (C=O) groups is 4. The van der Waals surface area contributed by atoms with Gasteiger partial charge in [-0.05, 0) is 63.9 Å². The van der Waals surface area contributed by atoms with Gasteiger partial charge in [0.2, 0.25) is 6.29 Å². The molecule has 348 valence electrons. The van der Waals surface area contributed by atoms with E-state index in [0.29, 0.717) is 31.3 Å². The number of ether oxygens (including phenoxy) is 5. The molecule has 0 unspecified atom stereocenters. The van der Waals surface area contributed by atoms with Crippen molar-refractivity contribution in [2.75, 3.05) is 13.2 Å². The first-order chi connectivity index (χ1) is 28.9. The van der Waals surface area contributed by atoms with E-state index in [-0.39, 0.29) is 24.4 Å². The largest absolute Gasteiger partial charge is 0.463 e. The highest BCUT2D eigenvalue weighted by molar-refractivity contribution is 5.90. The maximum atomic E-state index is 14.2. The number of fused-ring (bicyclic) bond motifs is 2. The molecule has 0 aromatic rings. The van der Waals surface area contributed by atoms with Gasteiger partial charge < -0.3 is 44.1 Å². The van der Waals surface area contributed by atoms with Crippen LogP contribution >= 0.6 is 0 Å². The van der Waals surface area contributed by atoms with E-state index in [1.165, 1.54) is 64.7 Å². The van der Waals surface area contributed by atoms with E-state index in [4.69, 9.17) is 23.7 Å². The van der Waals surface area contributed by atoms with Crippen molar-refractivity contribution in [1.82, 2.24) is 0 Å². The van der Waals surface area contributed by atoms with Crippen LogP contribution in [0.25, 0.3) is 0 Å². The number of hydrogen-bond acceptors (Lipinski definition) is 13. The molecular formula is C48H78O13. The zero-order valence-corrected chi connectivity index (χ0v) is 38.0. The molecular weight excluding hydrogens is 785 g/mol. The summed E-state index contributed by atoms with van der Waals surface area (Å²) in [7, 11) is 0. The number of hydrogen-bond donors (Lipinski definition) is 4. The highest BCUT2D eigenvalue weighted by atomic mass is 16.7. The molecule has 4 rings (SSSR count). The van der Waals surface area contributed by atoms with Gasteiger partial charge in [0.15, 0.2) is 0 Å². The summed E-state index contributed by atoms with van der Waals surface area (Å²) in [6.07, 6.45) is 12.5. The minimum atomic E-state index is -1.83. The summed E-state index contributed by atoms with van der Waals surface area (Å²) in [6, 6.07) is 0. The van der Waals surface area contributed by atoms with Gasteiger partial charge in [0, 0.05) is 29.2 Å². The standard InChI is InChI=1S/C48H78O13/c1-7-8-9-10-11-12-13-14-15-16-17-18-19-23-38(49)60-37-28-32(2)25-27-57-39(50)29-46(4,56)30-40(51)58-31-35-41(52)42(53)43(54)45(59-35)61-44(55)34-21-20-22-36-47(34,5)26-24-33(3)48(36,37)6/h21,25,33,35-37,41-43,45,52-54,56H,7-20,22-24,26-31H2,1-6H3/b32-25+/t33-,35-,36+,37-,41-,42+,43-,45+,46-,47+,48+/m1/s1. The quantitative estimate of drug-likeness (QED) is 0.0548. The summed E-state index contributed by atoms with van der Waals surface area (Å²) in [5.74, 6) is -2.69. The van der Waals surface area contributed by atoms with Crippen LogP contribution in [0.3, 0.4) is 0 Å². The van der Waals surface area contributed by atoms with Crippen molar-refractivity contribution in [3.8, 4) is 0 Å². The number of rotatable bonds is 15. The number of allylic oxidation sites excluding steroid dienone is 1. The van der Waals surface area contributed by atoms with Gasteiger partial charge in [-0.25, -0.2) is 4.79 Å². The van der Waals surface area contributed by atoms with Crippen LogP contribution in [0, 0.1) is 22.7 Å². The fourth-order valence-corrected chi connectivity index (χ4v) is 10.3.